The fraction of sp³-hybridized carbons (Fsp3) is 0.562. The number of rotatable bonds is 5. The Morgan fingerprint density at radius 3 is 3.00 bits per heavy atom. The van der Waals surface area contributed by atoms with Gasteiger partial charge in [0.2, 0.25) is 5.95 Å². The smallest absolute Gasteiger partial charge is 0.230 e. The first-order valence-corrected chi connectivity index (χ1v) is 8.72. The number of anilines is 3. The van der Waals surface area contributed by atoms with E-state index < -0.39 is 0 Å². The average molecular weight is 350 g/mol. The lowest BCUT2D eigenvalue weighted by Crippen LogP contribution is -2.43. The minimum Gasteiger partial charge on any atom is -0.366 e. The van der Waals surface area contributed by atoms with E-state index in [1.54, 1.807) is 10.9 Å². The zero-order chi connectivity index (χ0) is 17.1. The Balaban J connectivity index is 1.75. The number of nitrogens with zero attached hydrogens (tertiary/aromatic N) is 4. The molecule has 8 heteroatoms. The van der Waals surface area contributed by atoms with Crippen molar-refractivity contribution in [3.05, 3.63) is 23.0 Å². The Morgan fingerprint density at radius 2 is 2.29 bits per heavy atom. The molecular formula is C16H24ClN7. The molecule has 3 rings (SSSR count). The van der Waals surface area contributed by atoms with Crippen molar-refractivity contribution in [1.29, 1.82) is 0 Å². The van der Waals surface area contributed by atoms with E-state index in [2.05, 4.69) is 37.9 Å². The van der Waals surface area contributed by atoms with E-state index in [-0.39, 0.29) is 0 Å². The summed E-state index contributed by atoms with van der Waals surface area (Å²) in [5, 5.41) is 15.0. The molecule has 0 amide bonds. The number of aryl methyl sites for hydroxylation is 2. The molecule has 130 valence electrons. The highest BCUT2D eigenvalue weighted by molar-refractivity contribution is 6.32. The highest BCUT2D eigenvalue weighted by Crippen LogP contribution is 2.25. The number of halogens is 1. The lowest BCUT2D eigenvalue weighted by Gasteiger charge is -2.32. The molecule has 1 saturated heterocycles. The molecule has 1 fully saturated rings. The summed E-state index contributed by atoms with van der Waals surface area (Å²) in [5.74, 6) is 2.45. The van der Waals surface area contributed by atoms with E-state index in [9.17, 15) is 0 Å². The molecule has 3 heterocycles. The summed E-state index contributed by atoms with van der Waals surface area (Å²) in [5.41, 5.74) is 1.06. The number of aromatic nitrogens is 4. The monoisotopic (exact) mass is 349 g/mol. The maximum atomic E-state index is 6.29. The molecule has 1 aliphatic heterocycles. The summed E-state index contributed by atoms with van der Waals surface area (Å²) in [4.78, 5) is 8.78. The van der Waals surface area contributed by atoms with Gasteiger partial charge in [0.25, 0.3) is 0 Å². The van der Waals surface area contributed by atoms with Crippen molar-refractivity contribution in [2.24, 2.45) is 13.0 Å². The normalized spacial score (nSPS) is 20.8. The molecule has 0 saturated carbocycles. The van der Waals surface area contributed by atoms with Gasteiger partial charge in [-0.05, 0) is 32.4 Å². The molecule has 2 unspecified atom stereocenters. The van der Waals surface area contributed by atoms with E-state index >= 15 is 0 Å². The van der Waals surface area contributed by atoms with Crippen molar-refractivity contribution < 1.29 is 0 Å². The second-order valence-electron chi connectivity index (χ2n) is 6.22. The summed E-state index contributed by atoms with van der Waals surface area (Å²) < 4.78 is 1.80. The lowest BCUT2D eigenvalue weighted by atomic mass is 9.91. The van der Waals surface area contributed by atoms with Gasteiger partial charge in [0.1, 0.15) is 5.02 Å². The predicted octanol–water partition coefficient (Wildman–Crippen LogP) is 2.72. The van der Waals surface area contributed by atoms with Crippen LogP contribution in [-0.4, -0.2) is 38.9 Å². The molecule has 0 bridgehead atoms. The van der Waals surface area contributed by atoms with Gasteiger partial charge in [0.05, 0.1) is 6.20 Å². The average Bonchev–Trinajstić information content (AvgIpc) is 2.89. The van der Waals surface area contributed by atoms with Gasteiger partial charge in [-0.3, -0.25) is 4.68 Å². The lowest BCUT2D eigenvalue weighted by molar-refractivity contribution is 0.335. The fourth-order valence-corrected chi connectivity index (χ4v) is 3.13. The molecule has 0 spiro atoms. The van der Waals surface area contributed by atoms with Gasteiger partial charge in [0, 0.05) is 24.8 Å². The Labute approximate surface area is 147 Å². The van der Waals surface area contributed by atoms with Crippen molar-refractivity contribution in [2.45, 2.75) is 32.7 Å². The van der Waals surface area contributed by atoms with Gasteiger partial charge in [-0.15, -0.1) is 0 Å². The third kappa shape index (κ3) is 3.79. The zero-order valence-corrected chi connectivity index (χ0v) is 15.1. The SMILES string of the molecule is CCC1CNCCC1Nc1nc(Nc2cc(C)n(C)n2)ncc1Cl. The van der Waals surface area contributed by atoms with Crippen LogP contribution in [0.3, 0.4) is 0 Å². The van der Waals surface area contributed by atoms with E-state index in [0.717, 1.165) is 37.4 Å². The quantitative estimate of drug-likeness (QED) is 0.770. The zero-order valence-electron chi connectivity index (χ0n) is 14.3. The van der Waals surface area contributed by atoms with Crippen molar-refractivity contribution in [2.75, 3.05) is 23.7 Å². The molecule has 3 N–H and O–H groups in total. The fourth-order valence-electron chi connectivity index (χ4n) is 2.98. The molecule has 0 aliphatic carbocycles. The van der Waals surface area contributed by atoms with Crippen LogP contribution in [0, 0.1) is 12.8 Å². The van der Waals surface area contributed by atoms with Crippen LogP contribution in [0.2, 0.25) is 5.02 Å². The Bertz CT molecular complexity index is 680. The van der Waals surface area contributed by atoms with Crippen molar-refractivity contribution >= 4 is 29.2 Å². The van der Waals surface area contributed by atoms with Crippen LogP contribution in [0.5, 0.6) is 0 Å². The number of hydrogen-bond donors (Lipinski definition) is 3. The van der Waals surface area contributed by atoms with Crippen LogP contribution in [0.15, 0.2) is 12.3 Å². The number of piperidine rings is 1. The van der Waals surface area contributed by atoms with Crippen LogP contribution in [-0.2, 0) is 7.05 Å². The van der Waals surface area contributed by atoms with Crippen LogP contribution >= 0.6 is 11.6 Å². The van der Waals surface area contributed by atoms with Gasteiger partial charge in [-0.25, -0.2) is 4.98 Å². The molecule has 7 nitrogen and oxygen atoms in total. The third-order valence-corrected chi connectivity index (χ3v) is 4.83. The summed E-state index contributed by atoms with van der Waals surface area (Å²) in [6.07, 6.45) is 3.80. The molecule has 24 heavy (non-hydrogen) atoms. The molecule has 0 radical (unpaired) electrons. The first-order chi connectivity index (χ1) is 11.6. The highest BCUT2D eigenvalue weighted by Gasteiger charge is 2.24. The molecule has 2 atom stereocenters. The van der Waals surface area contributed by atoms with Gasteiger partial charge >= 0.3 is 0 Å². The second-order valence-corrected chi connectivity index (χ2v) is 6.63. The maximum absolute atomic E-state index is 6.29. The topological polar surface area (TPSA) is 79.7 Å². The van der Waals surface area contributed by atoms with E-state index in [4.69, 9.17) is 11.6 Å². The maximum Gasteiger partial charge on any atom is 0.230 e. The number of nitrogens with one attached hydrogen (secondary N) is 3. The van der Waals surface area contributed by atoms with Crippen LogP contribution in [0.1, 0.15) is 25.5 Å². The third-order valence-electron chi connectivity index (χ3n) is 4.55. The van der Waals surface area contributed by atoms with Crippen molar-refractivity contribution in [3.63, 3.8) is 0 Å². The van der Waals surface area contributed by atoms with E-state index in [0.29, 0.717) is 28.7 Å². The summed E-state index contributed by atoms with van der Waals surface area (Å²) in [6.45, 7) is 6.24. The minimum absolute atomic E-state index is 0.369. The van der Waals surface area contributed by atoms with Gasteiger partial charge in [0.15, 0.2) is 11.6 Å². The van der Waals surface area contributed by atoms with Gasteiger partial charge in [-0.2, -0.15) is 10.1 Å². The predicted molar refractivity (Wildman–Crippen MR) is 96.9 cm³/mol. The molecule has 1 aliphatic rings. The van der Waals surface area contributed by atoms with Crippen LogP contribution in [0.25, 0.3) is 0 Å². The van der Waals surface area contributed by atoms with E-state index in [1.807, 2.05) is 20.0 Å². The Kier molecular flexibility index (Phi) is 5.20. The summed E-state index contributed by atoms with van der Waals surface area (Å²) >= 11 is 6.29. The molecular weight excluding hydrogens is 326 g/mol. The van der Waals surface area contributed by atoms with Gasteiger partial charge < -0.3 is 16.0 Å². The minimum atomic E-state index is 0.369. The second kappa shape index (κ2) is 7.36. The molecule has 2 aromatic heterocycles. The summed E-state index contributed by atoms with van der Waals surface area (Å²) in [6, 6.07) is 2.32. The summed E-state index contributed by atoms with van der Waals surface area (Å²) in [7, 11) is 1.90. The first kappa shape index (κ1) is 17.0. The highest BCUT2D eigenvalue weighted by atomic mass is 35.5. The molecule has 2 aromatic rings. The largest absolute Gasteiger partial charge is 0.366 e. The van der Waals surface area contributed by atoms with E-state index in [1.165, 1.54) is 0 Å². The van der Waals surface area contributed by atoms with Gasteiger partial charge in [-0.1, -0.05) is 24.9 Å². The standard InChI is InChI=1S/C16H24ClN7/c1-4-11-8-18-6-5-13(11)20-15-12(17)9-19-16(22-15)21-14-7-10(2)24(3)23-14/h7,9,11,13,18H,4-6,8H2,1-3H3,(H2,19,20,21,22,23). The molecule has 0 aromatic carbocycles. The first-order valence-electron chi connectivity index (χ1n) is 8.34. The number of hydrogen-bond acceptors (Lipinski definition) is 6. The Hall–Kier alpha value is -1.86. The van der Waals surface area contributed by atoms with Crippen LogP contribution < -0.4 is 16.0 Å². The van der Waals surface area contributed by atoms with Crippen LogP contribution in [0.4, 0.5) is 17.6 Å². The Morgan fingerprint density at radius 1 is 1.46 bits per heavy atom. The van der Waals surface area contributed by atoms with Crippen molar-refractivity contribution in [1.82, 2.24) is 25.1 Å². The van der Waals surface area contributed by atoms with Crippen molar-refractivity contribution in [3.8, 4) is 0 Å².